The summed E-state index contributed by atoms with van der Waals surface area (Å²) < 4.78 is 23.1. The Bertz CT molecular complexity index is 997. The average molecular weight is 386 g/mol. The van der Waals surface area contributed by atoms with Gasteiger partial charge in [-0.25, -0.2) is 13.6 Å². The van der Waals surface area contributed by atoms with E-state index in [-0.39, 0.29) is 10.3 Å². The second-order valence-electron chi connectivity index (χ2n) is 7.13. The third-order valence-corrected chi connectivity index (χ3v) is 6.52. The Morgan fingerprint density at radius 2 is 1.27 bits per heavy atom. The summed E-state index contributed by atoms with van der Waals surface area (Å²) in [5.74, 6) is 0. The average Bonchev–Trinajstić information content (AvgIpc) is 3.22. The Morgan fingerprint density at radius 3 is 1.73 bits per heavy atom. The highest BCUT2D eigenvalue weighted by Gasteiger charge is 2.35. The monoisotopic (exact) mass is 385 g/mol. The Labute approximate surface area is 159 Å². The van der Waals surface area contributed by atoms with Crippen molar-refractivity contribution in [1.82, 2.24) is 0 Å². The minimum atomic E-state index is -3.68. The van der Waals surface area contributed by atoms with E-state index in [1.165, 1.54) is 18.4 Å². The van der Waals surface area contributed by atoms with Gasteiger partial charge in [-0.15, -0.1) is 0 Å². The van der Waals surface area contributed by atoms with Crippen molar-refractivity contribution >= 4 is 32.8 Å². The van der Waals surface area contributed by atoms with Crippen LogP contribution in [0.2, 0.25) is 5.02 Å². The van der Waals surface area contributed by atoms with Crippen molar-refractivity contribution in [2.45, 2.75) is 30.6 Å². The molecule has 1 spiro atoms. The molecular weight excluding hydrogens is 366 g/mol. The summed E-state index contributed by atoms with van der Waals surface area (Å²) in [6.45, 7) is 0. The van der Waals surface area contributed by atoms with Crippen LogP contribution in [-0.2, 0) is 10.0 Å². The zero-order chi connectivity index (χ0) is 18.4. The summed E-state index contributed by atoms with van der Waals surface area (Å²) >= 11 is 6.05. The minimum absolute atomic E-state index is 0.114. The van der Waals surface area contributed by atoms with Crippen molar-refractivity contribution in [3.8, 4) is 0 Å². The first-order valence-corrected chi connectivity index (χ1v) is 10.6. The summed E-state index contributed by atoms with van der Waals surface area (Å²) in [7, 11) is -3.68. The summed E-state index contributed by atoms with van der Waals surface area (Å²) in [5, 5.41) is 5.93. The number of sulfonamides is 1. The van der Waals surface area contributed by atoms with E-state index in [4.69, 9.17) is 16.7 Å². The van der Waals surface area contributed by atoms with Crippen molar-refractivity contribution in [2.24, 2.45) is 10.6 Å². The second-order valence-corrected chi connectivity index (χ2v) is 9.13. The molecule has 0 unspecified atom stereocenters. The maximum Gasteiger partial charge on any atom is 0.238 e. The molecule has 1 saturated carbocycles. The lowest BCUT2D eigenvalue weighted by molar-refractivity contribution is 0.523. The van der Waals surface area contributed by atoms with Gasteiger partial charge < -0.3 is 0 Å². The van der Waals surface area contributed by atoms with Gasteiger partial charge in [-0.3, -0.25) is 0 Å². The first kappa shape index (κ1) is 17.5. The number of allylic oxidation sites excluding steroid dienone is 4. The first-order valence-electron chi connectivity index (χ1n) is 8.72. The van der Waals surface area contributed by atoms with Gasteiger partial charge in [-0.2, -0.15) is 0 Å². The van der Waals surface area contributed by atoms with E-state index >= 15 is 0 Å². The largest absolute Gasteiger partial charge is 0.238 e. The fourth-order valence-electron chi connectivity index (χ4n) is 4.03. The number of hydrogen-bond donors (Lipinski definition) is 1. The van der Waals surface area contributed by atoms with Crippen molar-refractivity contribution in [3.05, 3.63) is 76.8 Å². The van der Waals surface area contributed by atoms with Crippen LogP contribution in [0.1, 0.15) is 36.8 Å². The third kappa shape index (κ3) is 3.25. The third-order valence-electron chi connectivity index (χ3n) is 5.34. The van der Waals surface area contributed by atoms with Crippen LogP contribution in [0.25, 0.3) is 11.1 Å². The van der Waals surface area contributed by atoms with Gasteiger partial charge in [-0.1, -0.05) is 60.9 Å². The first-order chi connectivity index (χ1) is 12.4. The van der Waals surface area contributed by atoms with Gasteiger partial charge in [0, 0.05) is 10.4 Å². The number of rotatable bonds is 3. The molecule has 2 aliphatic carbocycles. The molecular formula is C21H20ClNO2S. The van der Waals surface area contributed by atoms with Gasteiger partial charge in [0.1, 0.15) is 0 Å². The Hall–Kier alpha value is -1.88. The molecule has 5 heteroatoms. The highest BCUT2D eigenvalue weighted by Crippen LogP contribution is 2.52. The van der Waals surface area contributed by atoms with E-state index in [9.17, 15) is 8.42 Å². The molecule has 0 bridgehead atoms. The molecule has 0 saturated heterocycles. The Balaban J connectivity index is 1.79. The van der Waals surface area contributed by atoms with Crippen LogP contribution < -0.4 is 5.14 Å². The summed E-state index contributed by atoms with van der Waals surface area (Å²) in [4.78, 5) is 0.132. The second kappa shape index (κ2) is 6.38. The lowest BCUT2D eigenvalue weighted by Gasteiger charge is -2.16. The fourth-order valence-corrected chi connectivity index (χ4v) is 4.67. The quantitative estimate of drug-likeness (QED) is 0.805. The molecule has 2 aliphatic rings. The van der Waals surface area contributed by atoms with Crippen molar-refractivity contribution in [2.75, 3.05) is 0 Å². The zero-order valence-corrected chi connectivity index (χ0v) is 15.9. The topological polar surface area (TPSA) is 60.2 Å². The summed E-state index contributed by atoms with van der Waals surface area (Å²) in [6.07, 6.45) is 9.52. The molecule has 0 aliphatic heterocycles. The lowest BCUT2D eigenvalue weighted by Crippen LogP contribution is -2.11. The highest BCUT2D eigenvalue weighted by molar-refractivity contribution is 7.89. The van der Waals surface area contributed by atoms with Crippen LogP contribution in [0, 0.1) is 5.41 Å². The Kier molecular flexibility index (Phi) is 4.30. The van der Waals surface area contributed by atoms with Crippen molar-refractivity contribution < 1.29 is 8.42 Å². The van der Waals surface area contributed by atoms with Crippen LogP contribution in [0.5, 0.6) is 0 Å². The normalized spacial score (nSPS) is 18.8. The predicted octanol–water partition coefficient (Wildman–Crippen LogP) is 5.03. The standard InChI is InChI=1S/C21H20ClNO2S/c22-17-7-3-15(4-8-17)19-13-21(11-1-2-12-21)14-20(19)16-5-9-18(10-6-16)26(23,24)25/h3-10,13-14H,1-2,11-12H2,(H2,23,24,25). The van der Waals surface area contributed by atoms with Crippen LogP contribution in [0.4, 0.5) is 0 Å². The smallest absolute Gasteiger partial charge is 0.225 e. The van der Waals surface area contributed by atoms with Crippen LogP contribution in [-0.4, -0.2) is 8.42 Å². The van der Waals surface area contributed by atoms with E-state index in [1.54, 1.807) is 12.1 Å². The molecule has 0 atom stereocenters. The van der Waals surface area contributed by atoms with E-state index < -0.39 is 10.0 Å². The molecule has 4 rings (SSSR count). The van der Waals surface area contributed by atoms with Crippen LogP contribution >= 0.6 is 11.6 Å². The summed E-state index contributed by atoms with van der Waals surface area (Å²) in [6, 6.07) is 14.7. The van der Waals surface area contributed by atoms with Gasteiger partial charge in [0.05, 0.1) is 4.90 Å². The van der Waals surface area contributed by atoms with Gasteiger partial charge in [0.2, 0.25) is 10.0 Å². The van der Waals surface area contributed by atoms with Crippen LogP contribution in [0.15, 0.2) is 65.6 Å². The predicted molar refractivity (Wildman–Crippen MR) is 106 cm³/mol. The van der Waals surface area contributed by atoms with Gasteiger partial charge in [0.25, 0.3) is 0 Å². The minimum Gasteiger partial charge on any atom is -0.225 e. The molecule has 2 aromatic carbocycles. The molecule has 2 aromatic rings. The SMILES string of the molecule is NS(=O)(=O)c1ccc(C2=CC3(C=C2c2ccc(Cl)cc2)CCCC3)cc1. The molecule has 134 valence electrons. The molecule has 0 radical (unpaired) electrons. The molecule has 3 nitrogen and oxygen atoms in total. The molecule has 0 heterocycles. The molecule has 26 heavy (non-hydrogen) atoms. The van der Waals surface area contributed by atoms with Crippen molar-refractivity contribution in [3.63, 3.8) is 0 Å². The lowest BCUT2D eigenvalue weighted by atomic mass is 9.88. The van der Waals surface area contributed by atoms with Gasteiger partial charge in [-0.05, 0) is 59.4 Å². The van der Waals surface area contributed by atoms with E-state index in [2.05, 4.69) is 12.2 Å². The highest BCUT2D eigenvalue weighted by atomic mass is 35.5. The maximum atomic E-state index is 11.5. The summed E-state index contributed by atoms with van der Waals surface area (Å²) in [5.41, 5.74) is 4.58. The van der Waals surface area contributed by atoms with E-state index in [0.717, 1.165) is 29.5 Å². The number of benzene rings is 2. The molecule has 0 aromatic heterocycles. The van der Waals surface area contributed by atoms with Gasteiger partial charge in [0.15, 0.2) is 0 Å². The molecule has 2 N–H and O–H groups in total. The number of hydrogen-bond acceptors (Lipinski definition) is 2. The Morgan fingerprint density at radius 1 is 0.808 bits per heavy atom. The van der Waals surface area contributed by atoms with Crippen LogP contribution in [0.3, 0.4) is 0 Å². The van der Waals surface area contributed by atoms with E-state index in [1.807, 2.05) is 36.4 Å². The van der Waals surface area contributed by atoms with Crippen molar-refractivity contribution in [1.29, 1.82) is 0 Å². The number of primary sulfonamides is 1. The van der Waals surface area contributed by atoms with E-state index in [0.29, 0.717) is 5.02 Å². The number of nitrogens with two attached hydrogens (primary N) is 1. The molecule has 1 fully saturated rings. The number of halogens is 1. The zero-order valence-electron chi connectivity index (χ0n) is 14.3. The van der Waals surface area contributed by atoms with Gasteiger partial charge >= 0.3 is 0 Å². The molecule has 0 amide bonds. The fraction of sp³-hybridized carbons (Fsp3) is 0.238. The maximum absolute atomic E-state index is 11.5.